The minimum absolute atomic E-state index is 0.0787. The number of halogens is 3. The van der Waals surface area contributed by atoms with Gasteiger partial charge in [0.2, 0.25) is 5.43 Å². The number of hydrogen-bond acceptors (Lipinski definition) is 3. The number of H-pyrrole nitrogens is 1. The number of para-hydroxylation sites is 1. The normalized spacial score (nSPS) is 10.3. The lowest BCUT2D eigenvalue weighted by atomic mass is 10.3. The van der Waals surface area contributed by atoms with E-state index in [0.717, 1.165) is 6.07 Å². The van der Waals surface area contributed by atoms with E-state index in [-0.39, 0.29) is 16.8 Å². The van der Waals surface area contributed by atoms with Crippen molar-refractivity contribution in [1.82, 2.24) is 10.2 Å². The maximum Gasteiger partial charge on any atom is 0.285 e. The summed E-state index contributed by atoms with van der Waals surface area (Å²) in [6, 6.07) is 5.40. The molecule has 7 heteroatoms. The van der Waals surface area contributed by atoms with Gasteiger partial charge in [-0.1, -0.05) is 17.7 Å². The molecule has 2 aromatic rings. The van der Waals surface area contributed by atoms with Crippen molar-refractivity contribution in [1.29, 1.82) is 0 Å². The van der Waals surface area contributed by atoms with Gasteiger partial charge in [0.1, 0.15) is 5.15 Å². The predicted octanol–water partition coefficient (Wildman–Crippen LogP) is 3.12. The highest BCUT2D eigenvalue weighted by Gasteiger charge is 2.12. The average molecular weight is 320 g/mol. The lowest BCUT2D eigenvalue weighted by Gasteiger charge is -2.06. The highest BCUT2D eigenvalue weighted by Crippen LogP contribution is 2.30. The number of nitrogens with one attached hydrogen (secondary N) is 1. The van der Waals surface area contributed by atoms with Gasteiger partial charge >= 0.3 is 0 Å². The van der Waals surface area contributed by atoms with Crippen molar-refractivity contribution in [2.45, 2.75) is 0 Å². The van der Waals surface area contributed by atoms with Crippen molar-refractivity contribution in [3.8, 4) is 11.6 Å². The molecule has 1 aromatic carbocycles. The van der Waals surface area contributed by atoms with Crippen LogP contribution in [0.25, 0.3) is 0 Å². The third-order valence-electron chi connectivity index (χ3n) is 1.85. The molecule has 0 radical (unpaired) electrons. The number of aromatic amines is 1. The van der Waals surface area contributed by atoms with Gasteiger partial charge in [0.25, 0.3) is 5.88 Å². The zero-order valence-electron chi connectivity index (χ0n) is 8.21. The van der Waals surface area contributed by atoms with Gasteiger partial charge in [0, 0.05) is 6.07 Å². The first-order valence-corrected chi connectivity index (χ1v) is 5.62. The van der Waals surface area contributed by atoms with Crippen LogP contribution in [0.15, 0.2) is 33.5 Å². The molecule has 0 aliphatic heterocycles. The van der Waals surface area contributed by atoms with Crippen LogP contribution >= 0.6 is 27.5 Å². The van der Waals surface area contributed by atoms with E-state index in [0.29, 0.717) is 4.47 Å². The minimum atomic E-state index is -0.601. The van der Waals surface area contributed by atoms with Gasteiger partial charge < -0.3 is 4.74 Å². The minimum Gasteiger partial charge on any atom is -0.430 e. The molecule has 0 amide bonds. The Morgan fingerprint density at radius 1 is 1.47 bits per heavy atom. The lowest BCUT2D eigenvalue weighted by Crippen LogP contribution is -2.08. The van der Waals surface area contributed by atoms with E-state index in [1.807, 2.05) is 0 Å². The van der Waals surface area contributed by atoms with Crippen molar-refractivity contribution in [3.63, 3.8) is 0 Å². The molecule has 0 spiro atoms. The van der Waals surface area contributed by atoms with Crippen LogP contribution in [0.3, 0.4) is 0 Å². The lowest BCUT2D eigenvalue weighted by molar-refractivity contribution is 0.415. The van der Waals surface area contributed by atoms with Gasteiger partial charge in [-0.15, -0.1) is 5.10 Å². The number of nitrogens with zero attached hydrogens (tertiary/aromatic N) is 1. The number of aromatic nitrogens is 2. The van der Waals surface area contributed by atoms with Crippen LogP contribution in [0.5, 0.6) is 11.6 Å². The van der Waals surface area contributed by atoms with Crippen LogP contribution in [0.2, 0.25) is 5.15 Å². The summed E-state index contributed by atoms with van der Waals surface area (Å²) in [5, 5.41) is 6.01. The Kier molecular flexibility index (Phi) is 3.44. The molecule has 1 N–H and O–H groups in total. The van der Waals surface area contributed by atoms with Gasteiger partial charge in [-0.25, -0.2) is 4.39 Å². The zero-order chi connectivity index (χ0) is 12.4. The highest BCUT2D eigenvalue weighted by atomic mass is 79.9. The topological polar surface area (TPSA) is 55.0 Å². The third-order valence-corrected chi connectivity index (χ3v) is 2.67. The number of benzene rings is 1. The number of hydrogen-bond donors (Lipinski definition) is 1. The first-order chi connectivity index (χ1) is 8.08. The van der Waals surface area contributed by atoms with Crippen LogP contribution in [0.4, 0.5) is 4.39 Å². The van der Waals surface area contributed by atoms with E-state index < -0.39 is 11.2 Å². The van der Waals surface area contributed by atoms with Gasteiger partial charge in [-0.05, 0) is 28.1 Å². The average Bonchev–Trinajstić information content (AvgIpc) is 2.26. The zero-order valence-corrected chi connectivity index (χ0v) is 10.5. The quantitative estimate of drug-likeness (QED) is 0.925. The fourth-order valence-corrected chi connectivity index (χ4v) is 1.68. The molecular weight excluding hydrogens is 314 g/mol. The summed E-state index contributed by atoms with van der Waals surface area (Å²) in [4.78, 5) is 11.4. The molecule has 0 bridgehead atoms. The fraction of sp³-hybridized carbons (Fsp3) is 0. The molecule has 1 aromatic heterocycles. The fourth-order valence-electron chi connectivity index (χ4n) is 1.12. The summed E-state index contributed by atoms with van der Waals surface area (Å²) in [5.74, 6) is -0.983. The second-order valence-electron chi connectivity index (χ2n) is 3.04. The van der Waals surface area contributed by atoms with E-state index in [1.165, 1.54) is 12.1 Å². The maximum atomic E-state index is 13.4. The summed E-state index contributed by atoms with van der Waals surface area (Å²) >= 11 is 8.64. The van der Waals surface area contributed by atoms with Crippen molar-refractivity contribution >= 4 is 27.5 Å². The summed E-state index contributed by atoms with van der Waals surface area (Å²) in [5.41, 5.74) is -0.538. The van der Waals surface area contributed by atoms with Crippen LogP contribution in [-0.4, -0.2) is 10.2 Å². The van der Waals surface area contributed by atoms with Crippen molar-refractivity contribution in [2.75, 3.05) is 0 Å². The van der Waals surface area contributed by atoms with Crippen LogP contribution in [-0.2, 0) is 0 Å². The molecular formula is C10H5BrClFN2O2. The van der Waals surface area contributed by atoms with Gasteiger partial charge in [0.15, 0.2) is 11.6 Å². The Bertz CT molecular complexity index is 597. The summed E-state index contributed by atoms with van der Waals surface area (Å²) < 4.78 is 18.9. The monoisotopic (exact) mass is 318 g/mol. The van der Waals surface area contributed by atoms with Crippen LogP contribution < -0.4 is 10.2 Å². The van der Waals surface area contributed by atoms with Crippen molar-refractivity contribution in [3.05, 3.63) is 49.9 Å². The Morgan fingerprint density at radius 3 is 2.88 bits per heavy atom. The first kappa shape index (κ1) is 12.1. The van der Waals surface area contributed by atoms with Crippen LogP contribution in [0.1, 0.15) is 0 Å². The predicted molar refractivity (Wildman–Crippen MR) is 64.0 cm³/mol. The van der Waals surface area contributed by atoms with E-state index in [4.69, 9.17) is 16.3 Å². The summed E-state index contributed by atoms with van der Waals surface area (Å²) in [6.45, 7) is 0. The van der Waals surface area contributed by atoms with Crippen LogP contribution in [0, 0.1) is 5.82 Å². The van der Waals surface area contributed by atoms with E-state index in [1.54, 1.807) is 6.07 Å². The molecule has 0 aliphatic rings. The Labute approximate surface area is 109 Å². The molecule has 2 rings (SSSR count). The Balaban J connectivity index is 2.42. The smallest absolute Gasteiger partial charge is 0.285 e. The molecule has 0 atom stereocenters. The van der Waals surface area contributed by atoms with E-state index in [2.05, 4.69) is 26.1 Å². The molecule has 1 heterocycles. The number of rotatable bonds is 2. The maximum absolute atomic E-state index is 13.4. The molecule has 88 valence electrons. The molecule has 0 fully saturated rings. The molecule has 0 unspecified atom stereocenters. The molecule has 0 saturated carbocycles. The second kappa shape index (κ2) is 4.85. The number of ether oxygens (including phenoxy) is 1. The van der Waals surface area contributed by atoms with Gasteiger partial charge in [-0.2, -0.15) is 0 Å². The van der Waals surface area contributed by atoms with Gasteiger partial charge in [0.05, 0.1) is 4.47 Å². The first-order valence-electron chi connectivity index (χ1n) is 4.45. The highest BCUT2D eigenvalue weighted by molar-refractivity contribution is 9.10. The van der Waals surface area contributed by atoms with Crippen molar-refractivity contribution in [2.24, 2.45) is 0 Å². The van der Waals surface area contributed by atoms with Gasteiger partial charge in [-0.3, -0.25) is 9.89 Å². The largest absolute Gasteiger partial charge is 0.430 e. The SMILES string of the molecule is O=c1cc(Cl)[nH]nc1Oc1c(F)cccc1Br. The second-order valence-corrected chi connectivity index (χ2v) is 4.30. The summed E-state index contributed by atoms with van der Waals surface area (Å²) in [6.07, 6.45) is 0. The molecule has 17 heavy (non-hydrogen) atoms. The molecule has 0 aliphatic carbocycles. The third kappa shape index (κ3) is 2.65. The Hall–Kier alpha value is -1.40. The standard InChI is InChI=1S/C10H5BrClFN2O2/c11-5-2-1-3-6(13)9(5)17-10-7(16)4-8(12)14-15-10/h1-4H,(H,14,16). The van der Waals surface area contributed by atoms with E-state index in [9.17, 15) is 9.18 Å². The Morgan fingerprint density at radius 2 is 2.24 bits per heavy atom. The van der Waals surface area contributed by atoms with Crippen molar-refractivity contribution < 1.29 is 9.13 Å². The molecule has 4 nitrogen and oxygen atoms in total. The van der Waals surface area contributed by atoms with E-state index >= 15 is 0 Å². The molecule has 0 saturated heterocycles. The summed E-state index contributed by atoms with van der Waals surface area (Å²) in [7, 11) is 0.